The summed E-state index contributed by atoms with van der Waals surface area (Å²) in [6, 6.07) is 17.7. The van der Waals surface area contributed by atoms with Crippen LogP contribution in [0.4, 0.5) is 0 Å². The lowest BCUT2D eigenvalue weighted by Crippen LogP contribution is -1.87. The van der Waals surface area contributed by atoms with Gasteiger partial charge < -0.3 is 0 Å². The fraction of sp³-hybridized carbons (Fsp3) is 0.176. The van der Waals surface area contributed by atoms with Gasteiger partial charge in [-0.3, -0.25) is 0 Å². The summed E-state index contributed by atoms with van der Waals surface area (Å²) in [6.07, 6.45) is 0. The van der Waals surface area contributed by atoms with Crippen molar-refractivity contribution in [3.63, 3.8) is 0 Å². The number of rotatable bonds is 3. The van der Waals surface area contributed by atoms with Gasteiger partial charge in [-0.05, 0) is 41.8 Å². The molecule has 0 aromatic heterocycles. The van der Waals surface area contributed by atoms with E-state index in [1.807, 2.05) is 0 Å². The molecule has 2 nitrogen and oxygen atoms in total. The van der Waals surface area contributed by atoms with E-state index >= 15 is 0 Å². The van der Waals surface area contributed by atoms with E-state index in [4.69, 9.17) is 10.5 Å². The third-order valence-corrected chi connectivity index (χ3v) is 4.07. The first-order valence-electron chi connectivity index (χ1n) is 6.36. The van der Waals surface area contributed by atoms with Crippen molar-refractivity contribution in [2.45, 2.75) is 29.6 Å². The SMILES string of the molecule is CC(C)c1ccc(Sc2cc(C#N)ccc2C#N)cc1. The van der Waals surface area contributed by atoms with Crippen LogP contribution in [0.15, 0.2) is 52.3 Å². The normalized spacial score (nSPS) is 10.1. The minimum Gasteiger partial charge on any atom is -0.192 e. The highest BCUT2D eigenvalue weighted by molar-refractivity contribution is 7.99. The monoisotopic (exact) mass is 278 g/mol. The van der Waals surface area contributed by atoms with Gasteiger partial charge in [0.15, 0.2) is 0 Å². The zero-order valence-electron chi connectivity index (χ0n) is 11.4. The van der Waals surface area contributed by atoms with Crippen LogP contribution in [0.5, 0.6) is 0 Å². The Morgan fingerprint density at radius 3 is 2.20 bits per heavy atom. The van der Waals surface area contributed by atoms with E-state index in [9.17, 15) is 0 Å². The smallest absolute Gasteiger partial charge is 0.100 e. The van der Waals surface area contributed by atoms with Crippen LogP contribution in [0.25, 0.3) is 0 Å². The maximum atomic E-state index is 9.13. The van der Waals surface area contributed by atoms with Gasteiger partial charge in [0.1, 0.15) is 6.07 Å². The molecular formula is C17H14N2S. The quantitative estimate of drug-likeness (QED) is 0.817. The summed E-state index contributed by atoms with van der Waals surface area (Å²) < 4.78 is 0. The van der Waals surface area contributed by atoms with E-state index < -0.39 is 0 Å². The summed E-state index contributed by atoms with van der Waals surface area (Å²) in [7, 11) is 0. The van der Waals surface area contributed by atoms with Crippen LogP contribution in [0.2, 0.25) is 0 Å². The molecule has 3 heteroatoms. The number of nitrogens with zero attached hydrogens (tertiary/aromatic N) is 2. The molecule has 0 radical (unpaired) electrons. The Labute approximate surface area is 123 Å². The van der Waals surface area contributed by atoms with Gasteiger partial charge in [0, 0.05) is 9.79 Å². The molecule has 0 saturated heterocycles. The fourth-order valence-electron chi connectivity index (χ4n) is 1.82. The number of nitriles is 2. The largest absolute Gasteiger partial charge is 0.192 e. The zero-order valence-corrected chi connectivity index (χ0v) is 12.2. The van der Waals surface area contributed by atoms with Gasteiger partial charge in [0.2, 0.25) is 0 Å². The van der Waals surface area contributed by atoms with E-state index in [1.165, 1.54) is 17.3 Å². The maximum Gasteiger partial charge on any atom is 0.100 e. The van der Waals surface area contributed by atoms with Crippen LogP contribution in [0.1, 0.15) is 36.5 Å². The number of hydrogen-bond acceptors (Lipinski definition) is 3. The standard InChI is InChI=1S/C17H14N2S/c1-12(2)14-5-7-16(8-6-14)20-17-9-13(10-18)3-4-15(17)11-19/h3-9,12H,1-2H3. The minimum absolute atomic E-state index is 0.505. The summed E-state index contributed by atoms with van der Waals surface area (Å²) in [5.41, 5.74) is 2.47. The van der Waals surface area contributed by atoms with Gasteiger partial charge in [-0.25, -0.2) is 0 Å². The van der Waals surface area contributed by atoms with Crippen LogP contribution in [0, 0.1) is 22.7 Å². The first-order chi connectivity index (χ1) is 9.63. The lowest BCUT2D eigenvalue weighted by molar-refractivity contribution is 0.865. The molecule has 0 spiro atoms. The predicted molar refractivity (Wildman–Crippen MR) is 80.5 cm³/mol. The molecule has 0 aliphatic heterocycles. The second-order valence-corrected chi connectivity index (χ2v) is 5.88. The van der Waals surface area contributed by atoms with Crippen molar-refractivity contribution in [1.29, 1.82) is 10.5 Å². The number of benzene rings is 2. The summed E-state index contributed by atoms with van der Waals surface area (Å²) in [4.78, 5) is 1.89. The Hall–Kier alpha value is -2.23. The summed E-state index contributed by atoms with van der Waals surface area (Å²) in [5.74, 6) is 0.505. The van der Waals surface area contributed by atoms with Gasteiger partial charge in [-0.15, -0.1) is 0 Å². The maximum absolute atomic E-state index is 9.13. The van der Waals surface area contributed by atoms with Crippen LogP contribution >= 0.6 is 11.8 Å². The van der Waals surface area contributed by atoms with Gasteiger partial charge >= 0.3 is 0 Å². The first-order valence-corrected chi connectivity index (χ1v) is 7.17. The third kappa shape index (κ3) is 3.20. The van der Waals surface area contributed by atoms with E-state index in [2.05, 4.69) is 50.3 Å². The molecule has 98 valence electrons. The predicted octanol–water partition coefficient (Wildman–Crippen LogP) is 4.70. The molecule has 0 N–H and O–H groups in total. The van der Waals surface area contributed by atoms with E-state index in [1.54, 1.807) is 18.2 Å². The molecule has 0 aliphatic carbocycles. The molecule has 0 aliphatic rings. The van der Waals surface area contributed by atoms with E-state index in [0.29, 0.717) is 17.0 Å². The molecule has 0 atom stereocenters. The van der Waals surface area contributed by atoms with Crippen molar-refractivity contribution >= 4 is 11.8 Å². The van der Waals surface area contributed by atoms with Crippen molar-refractivity contribution in [3.8, 4) is 12.1 Å². The van der Waals surface area contributed by atoms with Crippen LogP contribution < -0.4 is 0 Å². The molecule has 2 aromatic rings. The molecule has 0 amide bonds. The van der Waals surface area contributed by atoms with Crippen molar-refractivity contribution < 1.29 is 0 Å². The molecule has 0 unspecified atom stereocenters. The molecular weight excluding hydrogens is 264 g/mol. The van der Waals surface area contributed by atoms with Gasteiger partial charge in [0.25, 0.3) is 0 Å². The molecule has 0 fully saturated rings. The van der Waals surface area contributed by atoms with Crippen LogP contribution in [0.3, 0.4) is 0 Å². The van der Waals surface area contributed by atoms with Gasteiger partial charge in [-0.1, -0.05) is 37.7 Å². The van der Waals surface area contributed by atoms with Crippen LogP contribution in [-0.4, -0.2) is 0 Å². The third-order valence-electron chi connectivity index (χ3n) is 3.01. The Kier molecular flexibility index (Phi) is 4.45. The Morgan fingerprint density at radius 2 is 1.65 bits per heavy atom. The van der Waals surface area contributed by atoms with Crippen molar-refractivity contribution in [2.75, 3.05) is 0 Å². The number of hydrogen-bond donors (Lipinski definition) is 0. The summed E-state index contributed by atoms with van der Waals surface area (Å²) in [6.45, 7) is 4.32. The second-order valence-electron chi connectivity index (χ2n) is 4.76. The molecule has 0 saturated carbocycles. The second kappa shape index (κ2) is 6.28. The zero-order chi connectivity index (χ0) is 14.5. The highest BCUT2D eigenvalue weighted by atomic mass is 32.2. The Balaban J connectivity index is 2.30. The van der Waals surface area contributed by atoms with Crippen LogP contribution in [-0.2, 0) is 0 Å². The first kappa shape index (κ1) is 14.2. The average molecular weight is 278 g/mol. The Bertz CT molecular complexity index is 688. The molecule has 2 rings (SSSR count). The van der Waals surface area contributed by atoms with E-state index in [-0.39, 0.29) is 0 Å². The van der Waals surface area contributed by atoms with Crippen molar-refractivity contribution in [1.82, 2.24) is 0 Å². The summed E-state index contributed by atoms with van der Waals surface area (Å²) in [5, 5.41) is 18.1. The van der Waals surface area contributed by atoms with Gasteiger partial charge in [0.05, 0.1) is 17.2 Å². The fourth-order valence-corrected chi connectivity index (χ4v) is 2.75. The molecule has 20 heavy (non-hydrogen) atoms. The van der Waals surface area contributed by atoms with Gasteiger partial charge in [-0.2, -0.15) is 10.5 Å². The van der Waals surface area contributed by atoms with Crippen molar-refractivity contribution in [2.24, 2.45) is 0 Å². The topological polar surface area (TPSA) is 47.6 Å². The Morgan fingerprint density at radius 1 is 0.950 bits per heavy atom. The molecule has 2 aromatic carbocycles. The lowest BCUT2D eigenvalue weighted by Gasteiger charge is -2.08. The van der Waals surface area contributed by atoms with E-state index in [0.717, 1.165) is 9.79 Å². The molecule has 0 bridgehead atoms. The lowest BCUT2D eigenvalue weighted by atomic mass is 10.0. The highest BCUT2D eigenvalue weighted by Crippen LogP contribution is 2.31. The molecule has 0 heterocycles. The minimum atomic E-state index is 0.505. The average Bonchev–Trinajstić information content (AvgIpc) is 2.47. The highest BCUT2D eigenvalue weighted by Gasteiger charge is 2.06. The summed E-state index contributed by atoms with van der Waals surface area (Å²) >= 11 is 1.52. The van der Waals surface area contributed by atoms with Crippen molar-refractivity contribution in [3.05, 3.63) is 59.2 Å².